The fraction of sp³-hybridized carbons (Fsp3) is 0.320. The molecule has 9 nitrogen and oxygen atoms in total. The Labute approximate surface area is 210 Å². The zero-order chi connectivity index (χ0) is 25.5. The van der Waals surface area contributed by atoms with E-state index in [-0.39, 0.29) is 23.1 Å². The van der Waals surface area contributed by atoms with Crippen LogP contribution in [0.15, 0.2) is 36.5 Å². The molecule has 0 atom stereocenters. The van der Waals surface area contributed by atoms with Crippen molar-refractivity contribution in [1.29, 1.82) is 0 Å². The molecule has 0 spiro atoms. The van der Waals surface area contributed by atoms with Gasteiger partial charge in [0, 0.05) is 24.0 Å². The molecule has 0 aliphatic heterocycles. The number of phenolic OH excluding ortho intramolecular Hbond substituents is 1. The molecule has 3 aromatic rings. The van der Waals surface area contributed by atoms with Crippen LogP contribution in [0.5, 0.6) is 17.4 Å². The highest BCUT2D eigenvalue weighted by Gasteiger charge is 2.19. The van der Waals surface area contributed by atoms with Gasteiger partial charge in [-0.3, -0.25) is 4.79 Å². The summed E-state index contributed by atoms with van der Waals surface area (Å²) < 4.78 is 11.2. The van der Waals surface area contributed by atoms with Crippen LogP contribution in [0.25, 0.3) is 0 Å². The number of hydrogen-bond donors (Lipinski definition) is 3. The number of carbonyl (C=O) groups is 1. The van der Waals surface area contributed by atoms with Gasteiger partial charge < -0.3 is 30.1 Å². The maximum atomic E-state index is 12.9. The number of nitrogens with zero attached hydrogens (tertiary/aromatic N) is 3. The van der Waals surface area contributed by atoms with E-state index in [0.29, 0.717) is 22.9 Å². The summed E-state index contributed by atoms with van der Waals surface area (Å²) in [5, 5.41) is 16.0. The highest BCUT2D eigenvalue weighted by atomic mass is 35.5. The average molecular weight is 500 g/mol. The van der Waals surface area contributed by atoms with Crippen molar-refractivity contribution < 1.29 is 19.4 Å². The van der Waals surface area contributed by atoms with Crippen LogP contribution in [0.2, 0.25) is 5.02 Å². The SMILES string of the molecule is COc1nc(Nc2ccc(OCCCN(C)C)c(C)c2)ncc1C(=O)Nc1c(Cl)ccc(O)c1C. The highest BCUT2D eigenvalue weighted by molar-refractivity contribution is 6.34. The van der Waals surface area contributed by atoms with Crippen LogP contribution in [0.4, 0.5) is 17.3 Å². The molecule has 0 saturated carbocycles. The summed E-state index contributed by atoms with van der Waals surface area (Å²) in [6.07, 6.45) is 2.31. The van der Waals surface area contributed by atoms with Crippen molar-refractivity contribution in [3.63, 3.8) is 0 Å². The van der Waals surface area contributed by atoms with E-state index >= 15 is 0 Å². The topological polar surface area (TPSA) is 109 Å². The second-order valence-corrected chi connectivity index (χ2v) is 8.65. The Balaban J connectivity index is 1.71. The molecule has 0 aliphatic carbocycles. The molecular weight excluding hydrogens is 470 g/mol. The molecule has 0 bridgehead atoms. The number of phenols is 1. The predicted molar refractivity (Wildman–Crippen MR) is 138 cm³/mol. The van der Waals surface area contributed by atoms with E-state index in [4.69, 9.17) is 21.1 Å². The third kappa shape index (κ3) is 6.74. The van der Waals surface area contributed by atoms with Crippen molar-refractivity contribution in [2.45, 2.75) is 20.3 Å². The van der Waals surface area contributed by atoms with Gasteiger partial charge in [-0.05, 0) is 70.3 Å². The van der Waals surface area contributed by atoms with E-state index in [0.717, 1.165) is 30.0 Å². The number of ether oxygens (including phenoxy) is 2. The Morgan fingerprint density at radius 3 is 2.66 bits per heavy atom. The second kappa shape index (κ2) is 11.7. The second-order valence-electron chi connectivity index (χ2n) is 8.25. The minimum absolute atomic E-state index is 0.0211. The molecule has 0 aliphatic rings. The number of hydrogen-bond acceptors (Lipinski definition) is 8. The number of methoxy groups -OCH3 is 1. The molecule has 0 saturated heterocycles. The molecule has 1 heterocycles. The molecule has 1 aromatic heterocycles. The van der Waals surface area contributed by atoms with Crippen molar-refractivity contribution in [3.05, 3.63) is 58.2 Å². The van der Waals surface area contributed by atoms with Crippen LogP contribution in [-0.2, 0) is 0 Å². The summed E-state index contributed by atoms with van der Waals surface area (Å²) in [5.74, 6) is 0.680. The lowest BCUT2D eigenvalue weighted by Gasteiger charge is -2.14. The number of aromatic nitrogens is 2. The predicted octanol–water partition coefficient (Wildman–Crippen LogP) is 4.79. The van der Waals surface area contributed by atoms with E-state index in [1.165, 1.54) is 25.4 Å². The third-order valence-electron chi connectivity index (χ3n) is 5.25. The molecule has 0 radical (unpaired) electrons. The van der Waals surface area contributed by atoms with E-state index in [9.17, 15) is 9.90 Å². The van der Waals surface area contributed by atoms with Gasteiger partial charge in [-0.2, -0.15) is 4.98 Å². The number of halogens is 1. The summed E-state index contributed by atoms with van der Waals surface area (Å²) in [4.78, 5) is 23.6. The molecule has 3 rings (SSSR count). The monoisotopic (exact) mass is 499 g/mol. The van der Waals surface area contributed by atoms with Gasteiger partial charge in [0.15, 0.2) is 0 Å². The Kier molecular flexibility index (Phi) is 8.73. The largest absolute Gasteiger partial charge is 0.508 e. The van der Waals surface area contributed by atoms with Crippen molar-refractivity contribution in [2.24, 2.45) is 0 Å². The zero-order valence-electron chi connectivity index (χ0n) is 20.5. The lowest BCUT2D eigenvalue weighted by atomic mass is 10.1. The standard InChI is InChI=1S/C25H30ClN5O4/c1-15-13-17(7-10-21(15)35-12-6-11-31(3)4)28-25-27-14-18(24(30-25)34-5)23(33)29-22-16(2)20(32)9-8-19(22)26/h7-10,13-14,32H,6,11-12H2,1-5H3,(H,29,33)(H,27,28,30). The first-order valence-electron chi connectivity index (χ1n) is 11.0. The molecule has 3 N–H and O–H groups in total. The highest BCUT2D eigenvalue weighted by Crippen LogP contribution is 2.33. The molecule has 2 aromatic carbocycles. The van der Waals surface area contributed by atoms with Crippen LogP contribution in [0.1, 0.15) is 27.9 Å². The van der Waals surface area contributed by atoms with Crippen LogP contribution in [0.3, 0.4) is 0 Å². The smallest absolute Gasteiger partial charge is 0.262 e. The minimum atomic E-state index is -0.518. The first-order valence-corrected chi connectivity index (χ1v) is 11.4. The molecule has 35 heavy (non-hydrogen) atoms. The molecule has 0 fully saturated rings. The van der Waals surface area contributed by atoms with Crippen molar-refractivity contribution in [1.82, 2.24) is 14.9 Å². The lowest BCUT2D eigenvalue weighted by Crippen LogP contribution is -2.16. The Morgan fingerprint density at radius 1 is 1.20 bits per heavy atom. The van der Waals surface area contributed by atoms with Gasteiger partial charge in [0.05, 0.1) is 24.4 Å². The Bertz CT molecular complexity index is 1200. The molecule has 0 unspecified atom stereocenters. The number of anilines is 3. The van der Waals surface area contributed by atoms with E-state index in [1.807, 2.05) is 39.2 Å². The van der Waals surface area contributed by atoms with E-state index < -0.39 is 5.91 Å². The maximum absolute atomic E-state index is 12.9. The number of rotatable bonds is 10. The quantitative estimate of drug-likeness (QED) is 0.342. The number of carbonyl (C=O) groups excluding carboxylic acids is 1. The minimum Gasteiger partial charge on any atom is -0.508 e. The van der Waals surface area contributed by atoms with Crippen molar-refractivity contribution in [2.75, 3.05) is 45.0 Å². The molecular formula is C25H30ClN5O4. The number of nitrogens with one attached hydrogen (secondary N) is 2. The van der Waals surface area contributed by atoms with Gasteiger partial charge >= 0.3 is 0 Å². The Hall–Kier alpha value is -3.56. The maximum Gasteiger partial charge on any atom is 0.262 e. The van der Waals surface area contributed by atoms with Gasteiger partial charge in [0.25, 0.3) is 5.91 Å². The van der Waals surface area contributed by atoms with Gasteiger partial charge in [-0.15, -0.1) is 0 Å². The summed E-state index contributed by atoms with van der Waals surface area (Å²) in [6, 6.07) is 8.67. The molecule has 186 valence electrons. The van der Waals surface area contributed by atoms with Crippen molar-refractivity contribution in [3.8, 4) is 17.4 Å². The van der Waals surface area contributed by atoms with Crippen LogP contribution >= 0.6 is 11.6 Å². The van der Waals surface area contributed by atoms with Crippen LogP contribution < -0.4 is 20.1 Å². The number of aromatic hydroxyl groups is 1. The van der Waals surface area contributed by atoms with Gasteiger partial charge in [-0.1, -0.05) is 11.6 Å². The zero-order valence-corrected chi connectivity index (χ0v) is 21.2. The lowest BCUT2D eigenvalue weighted by molar-refractivity contribution is 0.102. The first-order chi connectivity index (χ1) is 16.7. The fourth-order valence-corrected chi connectivity index (χ4v) is 3.57. The van der Waals surface area contributed by atoms with Gasteiger partial charge in [-0.25, -0.2) is 4.98 Å². The summed E-state index contributed by atoms with van der Waals surface area (Å²) >= 11 is 6.18. The van der Waals surface area contributed by atoms with Gasteiger partial charge in [0.1, 0.15) is 17.1 Å². The van der Waals surface area contributed by atoms with Crippen molar-refractivity contribution >= 4 is 34.8 Å². The first kappa shape index (κ1) is 26.1. The number of amides is 1. The average Bonchev–Trinajstić information content (AvgIpc) is 2.82. The summed E-state index contributed by atoms with van der Waals surface area (Å²) in [5.41, 5.74) is 2.62. The third-order valence-corrected chi connectivity index (χ3v) is 5.57. The summed E-state index contributed by atoms with van der Waals surface area (Å²) in [7, 11) is 5.49. The van der Waals surface area contributed by atoms with E-state index in [1.54, 1.807) is 6.92 Å². The summed E-state index contributed by atoms with van der Waals surface area (Å²) in [6.45, 7) is 5.23. The van der Waals surface area contributed by atoms with Gasteiger partial charge in [0.2, 0.25) is 11.8 Å². The van der Waals surface area contributed by atoms with E-state index in [2.05, 4.69) is 25.5 Å². The molecule has 1 amide bonds. The number of benzene rings is 2. The fourth-order valence-electron chi connectivity index (χ4n) is 3.32. The number of aryl methyl sites for hydroxylation is 1. The Morgan fingerprint density at radius 2 is 1.97 bits per heavy atom. The van der Waals surface area contributed by atoms with Crippen LogP contribution in [0, 0.1) is 13.8 Å². The normalized spacial score (nSPS) is 10.8. The van der Waals surface area contributed by atoms with Crippen LogP contribution in [-0.4, -0.2) is 60.2 Å². The molecule has 10 heteroatoms.